The predicted molar refractivity (Wildman–Crippen MR) is 84.1 cm³/mol. The summed E-state index contributed by atoms with van der Waals surface area (Å²) in [5.41, 5.74) is 2.33. The van der Waals surface area contributed by atoms with Crippen molar-refractivity contribution in [2.45, 2.75) is 39.5 Å². The minimum Gasteiger partial charge on any atom is -0.375 e. The number of hydrogen-bond donors (Lipinski definition) is 1. The van der Waals surface area contributed by atoms with Gasteiger partial charge >= 0.3 is 0 Å². The van der Waals surface area contributed by atoms with Gasteiger partial charge in [-0.1, -0.05) is 30.3 Å². The summed E-state index contributed by atoms with van der Waals surface area (Å²) in [5.74, 6) is 0. The maximum atomic E-state index is 5.65. The van der Waals surface area contributed by atoms with Crippen LogP contribution in [0.1, 0.15) is 34.2 Å². The second kappa shape index (κ2) is 6.97. The first kappa shape index (κ1) is 15.2. The van der Waals surface area contributed by atoms with Gasteiger partial charge in [0.1, 0.15) is 0 Å². The predicted octanol–water partition coefficient (Wildman–Crippen LogP) is 3.63. The van der Waals surface area contributed by atoms with Crippen LogP contribution in [0.25, 0.3) is 0 Å². The van der Waals surface area contributed by atoms with Crippen molar-refractivity contribution in [3.63, 3.8) is 0 Å². The monoisotopic (exact) mass is 290 g/mol. The number of hydrogen-bond acceptors (Lipinski definition) is 4. The van der Waals surface area contributed by atoms with Crippen molar-refractivity contribution in [1.29, 1.82) is 0 Å². The molecule has 1 N–H and O–H groups in total. The van der Waals surface area contributed by atoms with Crippen molar-refractivity contribution in [2.24, 2.45) is 0 Å². The number of aromatic nitrogens is 1. The van der Waals surface area contributed by atoms with Crippen molar-refractivity contribution in [1.82, 2.24) is 10.3 Å². The maximum Gasteiger partial charge on any atom is 0.0971 e. The Balaban J connectivity index is 2.00. The highest BCUT2D eigenvalue weighted by molar-refractivity contribution is 7.11. The zero-order valence-corrected chi connectivity index (χ0v) is 13.3. The molecule has 0 saturated carbocycles. The second-order valence-corrected chi connectivity index (χ2v) is 6.27. The average Bonchev–Trinajstić information content (AvgIpc) is 2.77. The van der Waals surface area contributed by atoms with Gasteiger partial charge in [-0.15, -0.1) is 11.3 Å². The van der Waals surface area contributed by atoms with E-state index >= 15 is 0 Å². The molecule has 0 aliphatic rings. The molecule has 1 aromatic heterocycles. The van der Waals surface area contributed by atoms with Gasteiger partial charge in [0.15, 0.2) is 0 Å². The van der Waals surface area contributed by atoms with Gasteiger partial charge < -0.3 is 10.1 Å². The number of rotatable bonds is 6. The molecule has 3 nitrogen and oxygen atoms in total. The Bertz CT molecular complexity index is 539. The molecular weight excluding hydrogens is 268 g/mol. The van der Waals surface area contributed by atoms with Crippen molar-refractivity contribution < 1.29 is 4.74 Å². The summed E-state index contributed by atoms with van der Waals surface area (Å²) in [5, 5.41) is 4.67. The molecular formula is C16H22N2OS. The zero-order chi connectivity index (χ0) is 14.5. The molecule has 4 heteroatoms. The number of thiazole rings is 1. The van der Waals surface area contributed by atoms with Gasteiger partial charge in [0.2, 0.25) is 0 Å². The molecule has 1 heterocycles. The highest BCUT2D eigenvalue weighted by Gasteiger charge is 2.18. The number of ether oxygens (including phenoxy) is 1. The summed E-state index contributed by atoms with van der Waals surface area (Å²) in [6, 6.07) is 10.6. The minimum atomic E-state index is 0.0607. The Labute approximate surface area is 125 Å². The van der Waals surface area contributed by atoms with E-state index < -0.39 is 0 Å². The van der Waals surface area contributed by atoms with Gasteiger partial charge in [-0.05, 0) is 26.3 Å². The van der Waals surface area contributed by atoms with Crippen LogP contribution in [0.2, 0.25) is 0 Å². The molecule has 0 bridgehead atoms. The smallest absolute Gasteiger partial charge is 0.0971 e. The van der Waals surface area contributed by atoms with Crippen LogP contribution in [0.15, 0.2) is 30.3 Å². The van der Waals surface area contributed by atoms with Gasteiger partial charge in [0, 0.05) is 24.6 Å². The summed E-state index contributed by atoms with van der Waals surface area (Å²) >= 11 is 1.76. The van der Waals surface area contributed by atoms with Crippen molar-refractivity contribution >= 4 is 11.3 Å². The largest absolute Gasteiger partial charge is 0.375 e. The summed E-state index contributed by atoms with van der Waals surface area (Å²) in [4.78, 5) is 5.76. The van der Waals surface area contributed by atoms with Gasteiger partial charge in [0.05, 0.1) is 16.8 Å². The van der Waals surface area contributed by atoms with Crippen LogP contribution in [-0.2, 0) is 11.3 Å². The van der Waals surface area contributed by atoms with Crippen LogP contribution in [0.5, 0.6) is 0 Å². The molecule has 0 aliphatic heterocycles. The van der Waals surface area contributed by atoms with Crippen molar-refractivity contribution in [3.8, 4) is 0 Å². The van der Waals surface area contributed by atoms with E-state index in [0.29, 0.717) is 0 Å². The van der Waals surface area contributed by atoms with Crippen LogP contribution in [0, 0.1) is 13.8 Å². The third-order valence-electron chi connectivity index (χ3n) is 3.42. The maximum absolute atomic E-state index is 5.65. The summed E-state index contributed by atoms with van der Waals surface area (Å²) in [6.45, 7) is 7.11. The Hall–Kier alpha value is -1.23. The molecule has 20 heavy (non-hydrogen) atoms. The first-order valence-corrected chi connectivity index (χ1v) is 7.67. The Morgan fingerprint density at radius 2 is 1.95 bits per heavy atom. The minimum absolute atomic E-state index is 0.0607. The molecule has 0 radical (unpaired) electrons. The van der Waals surface area contributed by atoms with E-state index in [1.165, 1.54) is 10.4 Å². The lowest BCUT2D eigenvalue weighted by Gasteiger charge is -2.24. The van der Waals surface area contributed by atoms with Gasteiger partial charge in [-0.25, -0.2) is 4.98 Å². The topological polar surface area (TPSA) is 34.1 Å². The number of methoxy groups -OCH3 is 1. The lowest BCUT2D eigenvalue weighted by Crippen LogP contribution is -2.32. The fourth-order valence-corrected chi connectivity index (χ4v) is 3.26. The Kier molecular flexibility index (Phi) is 5.29. The molecule has 0 spiro atoms. The molecule has 1 aromatic carbocycles. The molecule has 0 amide bonds. The third kappa shape index (κ3) is 3.66. The second-order valence-electron chi connectivity index (χ2n) is 4.98. The van der Waals surface area contributed by atoms with E-state index in [0.717, 1.165) is 17.2 Å². The molecule has 0 aliphatic carbocycles. The number of benzene rings is 1. The van der Waals surface area contributed by atoms with E-state index in [9.17, 15) is 0 Å². The average molecular weight is 290 g/mol. The molecule has 0 saturated heterocycles. The van der Waals surface area contributed by atoms with Crippen molar-refractivity contribution in [2.75, 3.05) is 7.11 Å². The van der Waals surface area contributed by atoms with Crippen LogP contribution < -0.4 is 5.32 Å². The first-order chi connectivity index (χ1) is 9.61. The summed E-state index contributed by atoms with van der Waals surface area (Å²) < 4.78 is 5.65. The fourth-order valence-electron chi connectivity index (χ4n) is 2.37. The molecule has 2 rings (SSSR count). The summed E-state index contributed by atoms with van der Waals surface area (Å²) in [7, 11) is 1.76. The SMILES string of the molecule is CO[C@@H](c1ccccc1)[C@H](C)NCc1sc(C)nc1C. The Morgan fingerprint density at radius 1 is 1.25 bits per heavy atom. The van der Waals surface area contributed by atoms with E-state index in [1.807, 2.05) is 25.1 Å². The highest BCUT2D eigenvalue weighted by Crippen LogP contribution is 2.22. The van der Waals surface area contributed by atoms with E-state index in [4.69, 9.17) is 4.74 Å². The molecule has 2 atom stereocenters. The van der Waals surface area contributed by atoms with E-state index in [2.05, 4.69) is 36.3 Å². The molecule has 2 aromatic rings. The van der Waals surface area contributed by atoms with Crippen LogP contribution in [-0.4, -0.2) is 18.1 Å². The number of aryl methyl sites for hydroxylation is 2. The molecule has 0 fully saturated rings. The van der Waals surface area contributed by atoms with Crippen LogP contribution in [0.4, 0.5) is 0 Å². The number of nitrogens with one attached hydrogen (secondary N) is 1. The quantitative estimate of drug-likeness (QED) is 0.882. The lowest BCUT2D eigenvalue weighted by atomic mass is 10.0. The van der Waals surface area contributed by atoms with Gasteiger partial charge in [0.25, 0.3) is 0 Å². The standard InChI is InChI=1S/C16H22N2OS/c1-11-15(20-13(3)18-11)10-17-12(2)16(19-4)14-8-6-5-7-9-14/h5-9,12,16-17H,10H2,1-4H3/t12-,16+/m0/s1. The van der Waals surface area contributed by atoms with Crippen molar-refractivity contribution in [3.05, 3.63) is 51.5 Å². The molecule has 108 valence electrons. The summed E-state index contributed by atoms with van der Waals surface area (Å²) in [6.07, 6.45) is 0.0607. The fraction of sp³-hybridized carbons (Fsp3) is 0.438. The van der Waals surface area contributed by atoms with Gasteiger partial charge in [-0.2, -0.15) is 0 Å². The molecule has 0 unspecified atom stereocenters. The number of nitrogens with zero attached hydrogens (tertiary/aromatic N) is 1. The van der Waals surface area contributed by atoms with E-state index in [1.54, 1.807) is 18.4 Å². The van der Waals surface area contributed by atoms with Crippen LogP contribution in [0.3, 0.4) is 0 Å². The Morgan fingerprint density at radius 3 is 2.50 bits per heavy atom. The van der Waals surface area contributed by atoms with E-state index in [-0.39, 0.29) is 12.1 Å². The zero-order valence-electron chi connectivity index (χ0n) is 12.5. The first-order valence-electron chi connectivity index (χ1n) is 6.86. The van der Waals surface area contributed by atoms with Crippen LogP contribution >= 0.6 is 11.3 Å². The lowest BCUT2D eigenvalue weighted by molar-refractivity contribution is 0.0730. The third-order valence-corrected chi connectivity index (χ3v) is 4.49. The van der Waals surface area contributed by atoms with Gasteiger partial charge in [-0.3, -0.25) is 0 Å². The highest BCUT2D eigenvalue weighted by atomic mass is 32.1. The normalized spacial score (nSPS) is 14.2.